The standard InChI is InChI=1S/C20H30N6O2/c1-3-21-19(22-7-8-26-18(27)14-23-20(26)28)25-11-9-24(10-12-25)15-17-6-4-5-16(2)13-17/h4-6,13H,3,7-12,14-15H2,1-2H3,(H,21,22)(H,23,28). The fraction of sp³-hybridized carbons (Fsp3) is 0.550. The first-order valence-electron chi connectivity index (χ1n) is 9.96. The van der Waals surface area contributed by atoms with Crippen LogP contribution in [-0.2, 0) is 11.3 Å². The van der Waals surface area contributed by atoms with Gasteiger partial charge in [-0.05, 0) is 19.4 Å². The Labute approximate surface area is 166 Å². The van der Waals surface area contributed by atoms with Crippen LogP contribution in [0, 0.1) is 6.92 Å². The first kappa shape index (κ1) is 20.1. The van der Waals surface area contributed by atoms with Crippen molar-refractivity contribution in [3.63, 3.8) is 0 Å². The van der Waals surface area contributed by atoms with Gasteiger partial charge in [0.05, 0.1) is 19.6 Å². The van der Waals surface area contributed by atoms with E-state index in [4.69, 9.17) is 0 Å². The maximum Gasteiger partial charge on any atom is 0.324 e. The fourth-order valence-electron chi connectivity index (χ4n) is 3.55. The summed E-state index contributed by atoms with van der Waals surface area (Å²) in [4.78, 5) is 33.8. The predicted molar refractivity (Wildman–Crippen MR) is 109 cm³/mol. The zero-order chi connectivity index (χ0) is 19.9. The topological polar surface area (TPSA) is 80.3 Å². The lowest BCUT2D eigenvalue weighted by atomic mass is 10.1. The molecule has 1 aromatic rings. The third-order valence-electron chi connectivity index (χ3n) is 5.02. The van der Waals surface area contributed by atoms with Gasteiger partial charge in [-0.3, -0.25) is 19.6 Å². The van der Waals surface area contributed by atoms with E-state index in [0.29, 0.717) is 13.1 Å². The number of urea groups is 1. The Morgan fingerprint density at radius 1 is 1.21 bits per heavy atom. The van der Waals surface area contributed by atoms with Crippen molar-refractivity contribution in [3.8, 4) is 0 Å². The fourth-order valence-corrected chi connectivity index (χ4v) is 3.55. The number of rotatable bonds is 6. The molecule has 0 unspecified atom stereocenters. The molecule has 2 N–H and O–H groups in total. The average molecular weight is 387 g/mol. The molecule has 0 radical (unpaired) electrons. The number of aryl methyl sites for hydroxylation is 1. The van der Waals surface area contributed by atoms with Gasteiger partial charge in [0, 0.05) is 39.3 Å². The van der Waals surface area contributed by atoms with Crippen molar-refractivity contribution < 1.29 is 9.59 Å². The van der Waals surface area contributed by atoms with Gasteiger partial charge in [0.15, 0.2) is 5.96 Å². The Bertz CT molecular complexity index is 711. The van der Waals surface area contributed by atoms with Gasteiger partial charge in [0.25, 0.3) is 0 Å². The van der Waals surface area contributed by atoms with Gasteiger partial charge >= 0.3 is 6.03 Å². The molecule has 3 rings (SSSR count). The lowest BCUT2D eigenvalue weighted by molar-refractivity contribution is -0.124. The molecule has 152 valence electrons. The molecule has 3 amide bonds. The van der Waals surface area contributed by atoms with E-state index >= 15 is 0 Å². The van der Waals surface area contributed by atoms with Gasteiger partial charge in [0.2, 0.25) is 5.91 Å². The summed E-state index contributed by atoms with van der Waals surface area (Å²) in [5.41, 5.74) is 2.64. The van der Waals surface area contributed by atoms with Crippen LogP contribution in [0.15, 0.2) is 29.3 Å². The van der Waals surface area contributed by atoms with Crippen molar-refractivity contribution in [3.05, 3.63) is 35.4 Å². The molecule has 0 atom stereocenters. The highest BCUT2D eigenvalue weighted by atomic mass is 16.2. The van der Waals surface area contributed by atoms with E-state index in [1.54, 1.807) is 0 Å². The first-order chi connectivity index (χ1) is 13.6. The summed E-state index contributed by atoms with van der Waals surface area (Å²) in [5.74, 6) is 0.666. The number of imide groups is 1. The molecular formula is C20H30N6O2. The molecule has 1 aromatic carbocycles. The lowest BCUT2D eigenvalue weighted by Crippen LogP contribution is -2.52. The number of benzene rings is 1. The van der Waals surface area contributed by atoms with Crippen molar-refractivity contribution >= 4 is 17.9 Å². The molecule has 0 spiro atoms. The molecule has 0 bridgehead atoms. The highest BCUT2D eigenvalue weighted by molar-refractivity contribution is 6.01. The number of aliphatic imine (C=N–C) groups is 1. The van der Waals surface area contributed by atoms with Gasteiger partial charge in [-0.1, -0.05) is 29.8 Å². The Kier molecular flexibility index (Phi) is 6.86. The number of hydrogen-bond acceptors (Lipinski definition) is 4. The summed E-state index contributed by atoms with van der Waals surface area (Å²) in [6.07, 6.45) is 0. The van der Waals surface area contributed by atoms with Crippen molar-refractivity contribution in [2.45, 2.75) is 20.4 Å². The highest BCUT2D eigenvalue weighted by Gasteiger charge is 2.27. The number of nitrogens with zero attached hydrogens (tertiary/aromatic N) is 4. The highest BCUT2D eigenvalue weighted by Crippen LogP contribution is 2.10. The molecule has 2 heterocycles. The zero-order valence-electron chi connectivity index (χ0n) is 16.8. The maximum atomic E-state index is 11.7. The molecular weight excluding hydrogens is 356 g/mol. The Morgan fingerprint density at radius 3 is 2.64 bits per heavy atom. The summed E-state index contributed by atoms with van der Waals surface area (Å²) < 4.78 is 0. The van der Waals surface area contributed by atoms with Crippen molar-refractivity contribution in [1.29, 1.82) is 0 Å². The minimum Gasteiger partial charge on any atom is -0.357 e. The lowest BCUT2D eigenvalue weighted by Gasteiger charge is -2.36. The van der Waals surface area contributed by atoms with Crippen LogP contribution in [0.5, 0.6) is 0 Å². The van der Waals surface area contributed by atoms with Crippen LogP contribution < -0.4 is 10.6 Å². The van der Waals surface area contributed by atoms with Gasteiger partial charge in [-0.15, -0.1) is 0 Å². The molecule has 8 nitrogen and oxygen atoms in total. The molecule has 0 saturated carbocycles. The van der Waals surface area contributed by atoms with Gasteiger partial charge < -0.3 is 15.5 Å². The van der Waals surface area contributed by atoms with Crippen LogP contribution in [0.3, 0.4) is 0 Å². The second-order valence-electron chi connectivity index (χ2n) is 7.19. The van der Waals surface area contributed by atoms with Crippen LogP contribution in [0.4, 0.5) is 4.79 Å². The summed E-state index contributed by atoms with van der Waals surface area (Å²) in [6.45, 7) is 10.5. The number of hydrogen-bond donors (Lipinski definition) is 2. The van der Waals surface area contributed by atoms with E-state index < -0.39 is 0 Å². The molecule has 8 heteroatoms. The van der Waals surface area contributed by atoms with Gasteiger partial charge in [-0.2, -0.15) is 0 Å². The van der Waals surface area contributed by atoms with Crippen molar-refractivity contribution in [1.82, 2.24) is 25.3 Å². The van der Waals surface area contributed by atoms with Crippen LogP contribution >= 0.6 is 0 Å². The van der Waals surface area contributed by atoms with Crippen molar-refractivity contribution in [2.75, 3.05) is 52.4 Å². The third kappa shape index (κ3) is 5.22. The maximum absolute atomic E-state index is 11.7. The van der Waals surface area contributed by atoms with Crippen LogP contribution in [0.1, 0.15) is 18.1 Å². The molecule has 2 saturated heterocycles. The molecule has 2 fully saturated rings. The minimum atomic E-state index is -0.324. The molecule has 0 aliphatic carbocycles. The Hall–Kier alpha value is -2.61. The number of guanidine groups is 1. The molecule has 2 aliphatic rings. The quantitative estimate of drug-likeness (QED) is 0.426. The monoisotopic (exact) mass is 386 g/mol. The number of carbonyl (C=O) groups is 2. The van der Waals surface area contributed by atoms with E-state index in [2.05, 4.69) is 56.6 Å². The second kappa shape index (κ2) is 9.54. The zero-order valence-corrected chi connectivity index (χ0v) is 16.8. The molecule has 0 aromatic heterocycles. The Morgan fingerprint density at radius 2 is 2.00 bits per heavy atom. The molecule has 28 heavy (non-hydrogen) atoms. The van der Waals surface area contributed by atoms with Gasteiger partial charge in [0.1, 0.15) is 0 Å². The first-order valence-corrected chi connectivity index (χ1v) is 9.96. The number of piperazine rings is 1. The predicted octanol–water partition coefficient (Wildman–Crippen LogP) is 0.630. The van der Waals surface area contributed by atoms with E-state index in [0.717, 1.165) is 45.2 Å². The van der Waals surface area contributed by atoms with E-state index in [9.17, 15) is 9.59 Å². The van der Waals surface area contributed by atoms with Crippen LogP contribution in [-0.4, -0.2) is 85.0 Å². The SMILES string of the molecule is CCNC(=NCCN1C(=O)CNC1=O)N1CCN(Cc2cccc(C)c2)CC1. The van der Waals surface area contributed by atoms with Crippen LogP contribution in [0.2, 0.25) is 0 Å². The van der Waals surface area contributed by atoms with Crippen molar-refractivity contribution in [2.24, 2.45) is 4.99 Å². The smallest absolute Gasteiger partial charge is 0.324 e. The number of carbonyl (C=O) groups excluding carboxylic acids is 2. The summed E-state index contributed by atoms with van der Waals surface area (Å²) in [6, 6.07) is 8.34. The number of nitrogens with one attached hydrogen (secondary N) is 2. The third-order valence-corrected chi connectivity index (χ3v) is 5.02. The van der Waals surface area contributed by atoms with E-state index in [1.807, 2.05) is 6.92 Å². The van der Waals surface area contributed by atoms with Crippen LogP contribution in [0.25, 0.3) is 0 Å². The molecule has 2 aliphatic heterocycles. The average Bonchev–Trinajstić information content (AvgIpc) is 3.00. The largest absolute Gasteiger partial charge is 0.357 e. The minimum absolute atomic E-state index is 0.0888. The summed E-state index contributed by atoms with van der Waals surface area (Å²) >= 11 is 0. The normalized spacial score (nSPS) is 18.6. The Balaban J connectivity index is 1.50. The summed E-state index contributed by atoms with van der Waals surface area (Å²) in [7, 11) is 0. The summed E-state index contributed by atoms with van der Waals surface area (Å²) in [5, 5.41) is 5.86. The van der Waals surface area contributed by atoms with E-state index in [-0.39, 0.29) is 18.5 Å². The number of amides is 3. The second-order valence-corrected chi connectivity index (χ2v) is 7.19. The van der Waals surface area contributed by atoms with E-state index in [1.165, 1.54) is 16.0 Å². The van der Waals surface area contributed by atoms with Gasteiger partial charge in [-0.25, -0.2) is 4.79 Å².